The average molecular weight is 293 g/mol. The Balaban J connectivity index is 0.00000162. The molecule has 0 aliphatic carbocycles. The van der Waals surface area contributed by atoms with E-state index < -0.39 is 0 Å². The molecule has 1 amide bonds. The summed E-state index contributed by atoms with van der Waals surface area (Å²) in [5.74, 6) is 3.46. The molecule has 2 heterocycles. The fourth-order valence-electron chi connectivity index (χ4n) is 2.82. The predicted molar refractivity (Wildman–Crippen MR) is 80.6 cm³/mol. The Morgan fingerprint density at radius 3 is 2.72 bits per heavy atom. The third-order valence-electron chi connectivity index (χ3n) is 4.17. The monoisotopic (exact) mass is 292 g/mol. The molecule has 0 bridgehead atoms. The number of halogens is 1. The van der Waals surface area contributed by atoms with Crippen LogP contribution in [0.4, 0.5) is 0 Å². The Labute approximate surface area is 121 Å². The van der Waals surface area contributed by atoms with E-state index in [-0.39, 0.29) is 23.9 Å². The van der Waals surface area contributed by atoms with Crippen LogP contribution in [0.15, 0.2) is 0 Å². The van der Waals surface area contributed by atoms with Crippen LogP contribution in [-0.4, -0.2) is 36.0 Å². The Morgan fingerprint density at radius 2 is 2.17 bits per heavy atom. The molecule has 1 unspecified atom stereocenters. The van der Waals surface area contributed by atoms with E-state index in [2.05, 4.69) is 17.6 Å². The fourth-order valence-corrected chi connectivity index (χ4v) is 4.02. The van der Waals surface area contributed by atoms with Crippen LogP contribution < -0.4 is 10.6 Å². The molecule has 2 rings (SSSR count). The quantitative estimate of drug-likeness (QED) is 0.835. The maximum absolute atomic E-state index is 12.3. The third kappa shape index (κ3) is 3.78. The Morgan fingerprint density at radius 1 is 1.44 bits per heavy atom. The number of hydrogen-bond acceptors (Lipinski definition) is 3. The molecule has 106 valence electrons. The number of carbonyl (C=O) groups excluding carboxylic acids is 1. The van der Waals surface area contributed by atoms with E-state index in [1.54, 1.807) is 0 Å². The normalized spacial score (nSPS) is 28.7. The number of hydrogen-bond donors (Lipinski definition) is 2. The molecule has 0 radical (unpaired) electrons. The van der Waals surface area contributed by atoms with Crippen molar-refractivity contribution in [2.75, 3.05) is 24.6 Å². The molecule has 18 heavy (non-hydrogen) atoms. The second kappa shape index (κ2) is 7.61. The van der Waals surface area contributed by atoms with Crippen molar-refractivity contribution in [2.45, 2.75) is 44.6 Å². The van der Waals surface area contributed by atoms with E-state index in [1.165, 1.54) is 24.3 Å². The molecule has 0 aromatic rings. The van der Waals surface area contributed by atoms with Crippen LogP contribution >= 0.6 is 24.2 Å². The Hall–Kier alpha value is 0.0700. The summed E-state index contributed by atoms with van der Waals surface area (Å²) in [6, 6.07) is 0. The first kappa shape index (κ1) is 16.1. The Bertz CT molecular complexity index is 264. The largest absolute Gasteiger partial charge is 0.354 e. The van der Waals surface area contributed by atoms with Gasteiger partial charge in [0.1, 0.15) is 0 Å². The van der Waals surface area contributed by atoms with Crippen molar-refractivity contribution < 1.29 is 4.79 Å². The molecule has 2 fully saturated rings. The van der Waals surface area contributed by atoms with Gasteiger partial charge in [-0.3, -0.25) is 4.79 Å². The zero-order valence-corrected chi connectivity index (χ0v) is 12.8. The second-order valence-corrected chi connectivity index (χ2v) is 6.46. The van der Waals surface area contributed by atoms with E-state index in [0.29, 0.717) is 5.92 Å². The number of carbonyl (C=O) groups is 1. The first-order valence-electron chi connectivity index (χ1n) is 6.88. The van der Waals surface area contributed by atoms with Crippen molar-refractivity contribution in [1.82, 2.24) is 10.6 Å². The van der Waals surface area contributed by atoms with Gasteiger partial charge in [-0.15, -0.1) is 12.4 Å². The lowest BCUT2D eigenvalue weighted by atomic mass is 9.92. The van der Waals surface area contributed by atoms with Crippen LogP contribution in [0.1, 0.15) is 39.0 Å². The highest BCUT2D eigenvalue weighted by Gasteiger charge is 2.38. The maximum Gasteiger partial charge on any atom is 0.240 e. The molecule has 5 heteroatoms. The smallest absolute Gasteiger partial charge is 0.240 e. The van der Waals surface area contributed by atoms with Crippen molar-refractivity contribution in [3.63, 3.8) is 0 Å². The number of nitrogens with one attached hydrogen (secondary N) is 2. The van der Waals surface area contributed by atoms with Crippen molar-refractivity contribution in [2.24, 2.45) is 5.92 Å². The zero-order chi connectivity index (χ0) is 12.1. The molecule has 0 aromatic carbocycles. The lowest BCUT2D eigenvalue weighted by molar-refractivity contribution is -0.127. The van der Waals surface area contributed by atoms with Gasteiger partial charge >= 0.3 is 0 Å². The van der Waals surface area contributed by atoms with Gasteiger partial charge in [-0.05, 0) is 56.1 Å². The van der Waals surface area contributed by atoms with Crippen LogP contribution in [0, 0.1) is 5.92 Å². The molecule has 1 atom stereocenters. The summed E-state index contributed by atoms with van der Waals surface area (Å²) >= 11 is 2.04. The summed E-state index contributed by atoms with van der Waals surface area (Å²) in [7, 11) is 0. The highest BCUT2D eigenvalue weighted by molar-refractivity contribution is 7.99. The first-order chi connectivity index (χ1) is 8.27. The van der Waals surface area contributed by atoms with Crippen molar-refractivity contribution in [1.29, 1.82) is 0 Å². The van der Waals surface area contributed by atoms with Crippen LogP contribution in [0.25, 0.3) is 0 Å². The summed E-state index contributed by atoms with van der Waals surface area (Å²) in [4.78, 5) is 12.3. The third-order valence-corrected chi connectivity index (χ3v) is 5.22. The van der Waals surface area contributed by atoms with Crippen molar-refractivity contribution >= 4 is 30.1 Å². The summed E-state index contributed by atoms with van der Waals surface area (Å²) < 4.78 is 0. The summed E-state index contributed by atoms with van der Waals surface area (Å²) in [5, 5.41) is 6.57. The highest BCUT2D eigenvalue weighted by Crippen LogP contribution is 2.25. The molecule has 2 aliphatic rings. The molecule has 3 nitrogen and oxygen atoms in total. The van der Waals surface area contributed by atoms with Crippen LogP contribution in [0.2, 0.25) is 0 Å². The Kier molecular flexibility index (Phi) is 6.82. The van der Waals surface area contributed by atoms with Gasteiger partial charge in [0.15, 0.2) is 0 Å². The number of amides is 1. The van der Waals surface area contributed by atoms with E-state index in [0.717, 1.165) is 32.4 Å². The van der Waals surface area contributed by atoms with Gasteiger partial charge in [-0.2, -0.15) is 11.8 Å². The molecule has 2 N–H and O–H groups in total. The average Bonchev–Trinajstić information content (AvgIpc) is 2.87. The maximum atomic E-state index is 12.3. The van der Waals surface area contributed by atoms with Gasteiger partial charge in [-0.25, -0.2) is 0 Å². The predicted octanol–water partition coefficient (Wildman–Crippen LogP) is 2.20. The molecular formula is C13H25ClN2OS. The second-order valence-electron chi connectivity index (χ2n) is 5.23. The topological polar surface area (TPSA) is 41.1 Å². The molecular weight excluding hydrogens is 268 g/mol. The minimum absolute atomic E-state index is 0. The molecule has 0 spiro atoms. The van der Waals surface area contributed by atoms with Crippen LogP contribution in [-0.2, 0) is 4.79 Å². The van der Waals surface area contributed by atoms with E-state index in [1.807, 2.05) is 11.8 Å². The zero-order valence-electron chi connectivity index (χ0n) is 11.2. The lowest BCUT2D eigenvalue weighted by Crippen LogP contribution is -2.53. The summed E-state index contributed by atoms with van der Waals surface area (Å²) in [6.45, 7) is 3.97. The van der Waals surface area contributed by atoms with E-state index >= 15 is 0 Å². The van der Waals surface area contributed by atoms with Crippen molar-refractivity contribution in [3.05, 3.63) is 0 Å². The van der Waals surface area contributed by atoms with E-state index in [9.17, 15) is 4.79 Å². The van der Waals surface area contributed by atoms with Gasteiger partial charge in [0.25, 0.3) is 0 Å². The highest BCUT2D eigenvalue weighted by atomic mass is 35.5. The molecule has 2 aliphatic heterocycles. The van der Waals surface area contributed by atoms with Gasteiger partial charge in [0.05, 0.1) is 5.54 Å². The first-order valence-corrected chi connectivity index (χ1v) is 8.03. The SMILES string of the molecule is CCC1(C(=O)NCC2CCSCC2)CCCN1.Cl. The van der Waals surface area contributed by atoms with Gasteiger partial charge in [0.2, 0.25) is 5.91 Å². The van der Waals surface area contributed by atoms with E-state index in [4.69, 9.17) is 0 Å². The molecule has 2 saturated heterocycles. The van der Waals surface area contributed by atoms with Crippen molar-refractivity contribution in [3.8, 4) is 0 Å². The van der Waals surface area contributed by atoms with Gasteiger partial charge in [0, 0.05) is 6.54 Å². The number of rotatable bonds is 4. The minimum Gasteiger partial charge on any atom is -0.354 e. The van der Waals surface area contributed by atoms with Gasteiger partial charge in [-0.1, -0.05) is 6.92 Å². The standard InChI is InChI=1S/C13H24N2OS.ClH/c1-2-13(6-3-7-15-13)12(16)14-10-11-4-8-17-9-5-11;/h11,15H,2-10H2,1H3,(H,14,16);1H. The summed E-state index contributed by atoms with van der Waals surface area (Å²) in [5.41, 5.74) is -0.260. The fraction of sp³-hybridized carbons (Fsp3) is 0.923. The minimum atomic E-state index is -0.260. The van der Waals surface area contributed by atoms with Crippen LogP contribution in [0.3, 0.4) is 0 Å². The van der Waals surface area contributed by atoms with Crippen LogP contribution in [0.5, 0.6) is 0 Å². The van der Waals surface area contributed by atoms with Gasteiger partial charge < -0.3 is 10.6 Å². The molecule has 0 aromatic heterocycles. The summed E-state index contributed by atoms with van der Waals surface area (Å²) in [6.07, 6.45) is 5.55. The lowest BCUT2D eigenvalue weighted by Gasteiger charge is -2.29. The molecule has 0 saturated carbocycles. The number of thioether (sulfide) groups is 1.